The minimum Gasteiger partial charge on any atom is -0.465 e. The van der Waals surface area contributed by atoms with Crippen LogP contribution in [0.25, 0.3) is 0 Å². The number of benzene rings is 1. The third-order valence-corrected chi connectivity index (χ3v) is 2.11. The molecule has 0 aliphatic heterocycles. The number of esters is 1. The van der Waals surface area contributed by atoms with Crippen molar-refractivity contribution in [3.05, 3.63) is 29.0 Å². The molecule has 0 heterocycles. The van der Waals surface area contributed by atoms with Gasteiger partial charge in [0.15, 0.2) is 0 Å². The Kier molecular flexibility index (Phi) is 5.38. The van der Waals surface area contributed by atoms with E-state index in [4.69, 9.17) is 11.6 Å². The fraction of sp³-hybridized carbons (Fsp3) is 0.273. The fourth-order valence-electron chi connectivity index (χ4n) is 1.12. The molecule has 18 heavy (non-hydrogen) atoms. The summed E-state index contributed by atoms with van der Waals surface area (Å²) in [6.07, 6.45) is 0. The second-order valence-electron chi connectivity index (χ2n) is 3.24. The van der Waals surface area contributed by atoms with Crippen molar-refractivity contribution in [2.24, 2.45) is 0 Å². The number of carbonyl (C=O) groups excluding carboxylic acids is 2. The average Bonchev–Trinajstić information content (AvgIpc) is 2.32. The van der Waals surface area contributed by atoms with E-state index in [1.165, 1.54) is 12.1 Å². The van der Waals surface area contributed by atoms with Gasteiger partial charge in [0.2, 0.25) is 0 Å². The molecule has 0 atom stereocenters. The minimum atomic E-state index is -0.718. The summed E-state index contributed by atoms with van der Waals surface area (Å²) in [5.41, 5.74) is -0.0659. The minimum absolute atomic E-state index is 0.0659. The van der Waals surface area contributed by atoms with Crippen molar-refractivity contribution in [2.45, 2.75) is 6.92 Å². The average molecular weight is 275 g/mol. The van der Waals surface area contributed by atoms with Gasteiger partial charge in [-0.1, -0.05) is 11.6 Å². The zero-order valence-corrected chi connectivity index (χ0v) is 10.4. The van der Waals surface area contributed by atoms with Crippen LogP contribution in [0.2, 0.25) is 5.02 Å². The number of carbonyl (C=O) groups is 2. The molecule has 5 nitrogen and oxygen atoms in total. The lowest BCUT2D eigenvalue weighted by atomic mass is 10.3. The lowest BCUT2D eigenvalue weighted by molar-refractivity contribution is -0.141. The van der Waals surface area contributed by atoms with E-state index in [1.54, 1.807) is 6.92 Å². The van der Waals surface area contributed by atoms with E-state index in [1.807, 2.05) is 0 Å². The third kappa shape index (κ3) is 4.58. The summed E-state index contributed by atoms with van der Waals surface area (Å²) in [6, 6.07) is 3.03. The first kappa shape index (κ1) is 14.2. The monoisotopic (exact) mass is 274 g/mol. The molecule has 0 spiro atoms. The molecule has 0 unspecified atom stereocenters. The van der Waals surface area contributed by atoms with Gasteiger partial charge in [-0.25, -0.2) is 9.18 Å². The Morgan fingerprint density at radius 3 is 2.83 bits per heavy atom. The van der Waals surface area contributed by atoms with Gasteiger partial charge in [-0.05, 0) is 25.1 Å². The molecule has 0 fully saturated rings. The van der Waals surface area contributed by atoms with Crippen LogP contribution in [0.3, 0.4) is 0 Å². The van der Waals surface area contributed by atoms with Gasteiger partial charge in [0.1, 0.15) is 12.4 Å². The van der Waals surface area contributed by atoms with Crippen LogP contribution in [0.1, 0.15) is 6.92 Å². The first-order chi connectivity index (χ1) is 8.52. The van der Waals surface area contributed by atoms with Crippen molar-refractivity contribution in [3.8, 4) is 0 Å². The second-order valence-corrected chi connectivity index (χ2v) is 3.67. The normalized spacial score (nSPS) is 9.72. The quantitative estimate of drug-likeness (QED) is 0.827. The smallest absolute Gasteiger partial charge is 0.325 e. The summed E-state index contributed by atoms with van der Waals surface area (Å²) in [6.45, 7) is 1.59. The standard InChI is InChI=1S/C11H12ClFN2O3/c1-2-18-10(16)6-14-11(17)15-9-5-7(12)3-4-8(9)13/h3-5H,2,6H2,1H3,(H2,14,15,17). The van der Waals surface area contributed by atoms with Crippen LogP contribution in [0.4, 0.5) is 14.9 Å². The molecule has 1 aromatic carbocycles. The number of halogens is 2. The second kappa shape index (κ2) is 6.80. The van der Waals surface area contributed by atoms with Crippen molar-refractivity contribution in [1.82, 2.24) is 5.32 Å². The SMILES string of the molecule is CCOC(=O)CNC(=O)Nc1cc(Cl)ccc1F. The molecule has 0 saturated carbocycles. The fourth-order valence-corrected chi connectivity index (χ4v) is 1.30. The number of hydrogen-bond donors (Lipinski definition) is 2. The summed E-state index contributed by atoms with van der Waals surface area (Å²) in [4.78, 5) is 22.3. The highest BCUT2D eigenvalue weighted by Crippen LogP contribution is 2.19. The molecular formula is C11H12ClFN2O3. The van der Waals surface area contributed by atoms with E-state index in [0.717, 1.165) is 6.07 Å². The Hall–Kier alpha value is -1.82. The van der Waals surface area contributed by atoms with E-state index < -0.39 is 17.8 Å². The van der Waals surface area contributed by atoms with E-state index >= 15 is 0 Å². The number of hydrogen-bond acceptors (Lipinski definition) is 3. The number of ether oxygens (including phenoxy) is 1. The van der Waals surface area contributed by atoms with Crippen LogP contribution < -0.4 is 10.6 Å². The number of rotatable bonds is 4. The molecule has 0 aliphatic carbocycles. The molecule has 1 aromatic rings. The molecule has 0 radical (unpaired) electrons. The van der Waals surface area contributed by atoms with Gasteiger partial charge in [-0.2, -0.15) is 0 Å². The molecule has 0 saturated heterocycles. The largest absolute Gasteiger partial charge is 0.465 e. The molecule has 2 N–H and O–H groups in total. The van der Waals surface area contributed by atoms with Crippen LogP contribution in [-0.2, 0) is 9.53 Å². The van der Waals surface area contributed by atoms with Crippen molar-refractivity contribution in [1.29, 1.82) is 0 Å². The van der Waals surface area contributed by atoms with Crippen LogP contribution >= 0.6 is 11.6 Å². The van der Waals surface area contributed by atoms with Gasteiger partial charge in [-0.15, -0.1) is 0 Å². The number of urea groups is 1. The zero-order valence-electron chi connectivity index (χ0n) is 9.63. The molecule has 0 aromatic heterocycles. The highest BCUT2D eigenvalue weighted by molar-refractivity contribution is 6.30. The molecule has 7 heteroatoms. The van der Waals surface area contributed by atoms with E-state index in [9.17, 15) is 14.0 Å². The van der Waals surface area contributed by atoms with Crippen molar-refractivity contribution in [3.63, 3.8) is 0 Å². The van der Waals surface area contributed by atoms with Gasteiger partial charge >= 0.3 is 12.0 Å². The molecule has 0 aliphatic rings. The Morgan fingerprint density at radius 2 is 2.17 bits per heavy atom. The van der Waals surface area contributed by atoms with Crippen LogP contribution in [0.5, 0.6) is 0 Å². The number of amides is 2. The summed E-state index contributed by atoms with van der Waals surface area (Å²) in [5, 5.41) is 4.75. The predicted octanol–water partition coefficient (Wildman–Crippen LogP) is 2.16. The molecule has 98 valence electrons. The van der Waals surface area contributed by atoms with E-state index in [0.29, 0.717) is 0 Å². The molecule has 0 bridgehead atoms. The van der Waals surface area contributed by atoms with Crippen LogP contribution in [0, 0.1) is 5.82 Å². The summed E-state index contributed by atoms with van der Waals surface area (Å²) in [5.74, 6) is -1.19. The Morgan fingerprint density at radius 1 is 1.44 bits per heavy atom. The Bertz CT molecular complexity index is 454. The zero-order chi connectivity index (χ0) is 13.5. The number of anilines is 1. The molecular weight excluding hydrogens is 263 g/mol. The maximum Gasteiger partial charge on any atom is 0.325 e. The lowest BCUT2D eigenvalue weighted by Crippen LogP contribution is -2.34. The van der Waals surface area contributed by atoms with Crippen molar-refractivity contribution < 1.29 is 18.7 Å². The van der Waals surface area contributed by atoms with Crippen molar-refractivity contribution in [2.75, 3.05) is 18.5 Å². The lowest BCUT2D eigenvalue weighted by Gasteiger charge is -2.08. The van der Waals surface area contributed by atoms with Crippen LogP contribution in [0.15, 0.2) is 18.2 Å². The molecule has 2 amide bonds. The van der Waals surface area contributed by atoms with Crippen molar-refractivity contribution >= 4 is 29.3 Å². The Balaban J connectivity index is 2.49. The first-order valence-corrected chi connectivity index (χ1v) is 5.56. The maximum atomic E-state index is 13.3. The highest BCUT2D eigenvalue weighted by Gasteiger charge is 2.09. The first-order valence-electron chi connectivity index (χ1n) is 5.18. The predicted molar refractivity (Wildman–Crippen MR) is 65.1 cm³/mol. The summed E-state index contributed by atoms with van der Waals surface area (Å²) in [7, 11) is 0. The van der Waals surface area contributed by atoms with Gasteiger partial charge in [0.05, 0.1) is 12.3 Å². The highest BCUT2D eigenvalue weighted by atomic mass is 35.5. The van der Waals surface area contributed by atoms with E-state index in [2.05, 4.69) is 15.4 Å². The van der Waals surface area contributed by atoms with Gasteiger partial charge in [0, 0.05) is 5.02 Å². The van der Waals surface area contributed by atoms with Gasteiger partial charge in [-0.3, -0.25) is 4.79 Å². The summed E-state index contributed by atoms with van der Waals surface area (Å²) < 4.78 is 17.9. The third-order valence-electron chi connectivity index (χ3n) is 1.88. The topological polar surface area (TPSA) is 67.4 Å². The molecule has 1 rings (SSSR count). The van der Waals surface area contributed by atoms with E-state index in [-0.39, 0.29) is 23.9 Å². The van der Waals surface area contributed by atoms with Gasteiger partial charge in [0.25, 0.3) is 0 Å². The summed E-state index contributed by atoms with van der Waals surface area (Å²) >= 11 is 5.66. The number of nitrogens with one attached hydrogen (secondary N) is 2. The van der Waals surface area contributed by atoms with Gasteiger partial charge < -0.3 is 15.4 Å². The van der Waals surface area contributed by atoms with Crippen LogP contribution in [-0.4, -0.2) is 25.2 Å². The Labute approximate surface area is 108 Å². The maximum absolute atomic E-state index is 13.3.